The summed E-state index contributed by atoms with van der Waals surface area (Å²) in [4.78, 5) is 23.7. The lowest BCUT2D eigenvalue weighted by Gasteiger charge is -2.26. The van der Waals surface area contributed by atoms with E-state index in [1.807, 2.05) is 20.8 Å². The third kappa shape index (κ3) is 12.6. The van der Waals surface area contributed by atoms with Gasteiger partial charge in [-0.15, -0.1) is 0 Å². The molecule has 0 fully saturated rings. The fourth-order valence-electron chi connectivity index (χ4n) is 2.45. The lowest BCUT2D eigenvalue weighted by atomic mass is 10.0. The zero-order valence-electron chi connectivity index (χ0n) is 16.9. The Kier molecular flexibility index (Phi) is 11.4. The van der Waals surface area contributed by atoms with E-state index in [1.165, 1.54) is 0 Å². The van der Waals surface area contributed by atoms with Gasteiger partial charge in [-0.25, -0.2) is 4.79 Å². The van der Waals surface area contributed by atoms with E-state index in [4.69, 9.17) is 9.47 Å². The fourth-order valence-corrected chi connectivity index (χ4v) is 2.45. The summed E-state index contributed by atoms with van der Waals surface area (Å²) in [6.45, 7) is 10.7. The second-order valence-electron chi connectivity index (χ2n) is 7.69. The number of likely N-dealkylation sites (N-methyl/N-ethyl adjacent to an activating group) is 1. The van der Waals surface area contributed by atoms with Crippen LogP contribution in [0.4, 0.5) is 4.79 Å². The number of ether oxygens (including phenoxy) is 2. The largest absolute Gasteiger partial charge is 0.444 e. The van der Waals surface area contributed by atoms with Gasteiger partial charge in [-0.3, -0.25) is 4.79 Å². The summed E-state index contributed by atoms with van der Waals surface area (Å²) in [7, 11) is 3.29. The summed E-state index contributed by atoms with van der Waals surface area (Å²) in [5, 5.41) is 8.84. The van der Waals surface area contributed by atoms with Gasteiger partial charge in [-0.2, -0.15) is 0 Å². The van der Waals surface area contributed by atoms with Crippen molar-refractivity contribution < 1.29 is 19.1 Å². The fraction of sp³-hybridized carbons (Fsp3) is 0.889. The van der Waals surface area contributed by atoms with E-state index in [0.717, 1.165) is 19.3 Å². The number of carbonyl (C=O) groups excluding carboxylic acids is 2. The summed E-state index contributed by atoms with van der Waals surface area (Å²) in [5.74, 6) is 0.397. The number of alkyl carbamates (subject to hydrolysis) is 1. The third-order valence-electron chi connectivity index (χ3n) is 3.47. The highest BCUT2D eigenvalue weighted by molar-refractivity contribution is 5.81. The van der Waals surface area contributed by atoms with Crippen molar-refractivity contribution in [3.8, 4) is 0 Å². The van der Waals surface area contributed by atoms with Crippen molar-refractivity contribution in [1.29, 1.82) is 0 Å². The van der Waals surface area contributed by atoms with Crippen LogP contribution in [0.25, 0.3) is 0 Å². The van der Waals surface area contributed by atoms with Crippen molar-refractivity contribution in [2.45, 2.75) is 71.6 Å². The molecule has 0 heterocycles. The van der Waals surface area contributed by atoms with E-state index in [-0.39, 0.29) is 18.0 Å². The molecule has 0 aliphatic carbocycles. The van der Waals surface area contributed by atoms with Crippen molar-refractivity contribution in [1.82, 2.24) is 16.0 Å². The van der Waals surface area contributed by atoms with Crippen LogP contribution in [0.1, 0.15) is 53.9 Å². The molecule has 0 saturated heterocycles. The summed E-state index contributed by atoms with van der Waals surface area (Å²) >= 11 is 0. The molecule has 7 heteroatoms. The second kappa shape index (κ2) is 12.1. The molecule has 0 aliphatic rings. The Morgan fingerprint density at radius 3 is 2.28 bits per heavy atom. The first-order valence-corrected chi connectivity index (χ1v) is 9.02. The van der Waals surface area contributed by atoms with E-state index in [2.05, 4.69) is 29.8 Å². The number of rotatable bonds is 11. The normalized spacial score (nSPS) is 14.1. The van der Waals surface area contributed by atoms with Gasteiger partial charge in [0.2, 0.25) is 5.91 Å². The molecule has 148 valence electrons. The van der Waals surface area contributed by atoms with Gasteiger partial charge in [0.1, 0.15) is 5.60 Å². The Hall–Kier alpha value is -1.34. The maximum Gasteiger partial charge on any atom is 0.407 e. The van der Waals surface area contributed by atoms with Crippen molar-refractivity contribution >= 4 is 12.0 Å². The van der Waals surface area contributed by atoms with E-state index < -0.39 is 11.7 Å². The minimum Gasteiger partial charge on any atom is -0.444 e. The molecule has 25 heavy (non-hydrogen) atoms. The molecule has 0 aromatic carbocycles. The number of methoxy groups -OCH3 is 1. The van der Waals surface area contributed by atoms with Crippen molar-refractivity contribution in [2.75, 3.05) is 27.3 Å². The Bertz CT molecular complexity index is 394. The highest BCUT2D eigenvalue weighted by atomic mass is 16.6. The smallest absolute Gasteiger partial charge is 0.407 e. The van der Waals surface area contributed by atoms with Crippen LogP contribution in [-0.4, -0.2) is 57.0 Å². The average Bonchev–Trinajstić information content (AvgIpc) is 2.47. The van der Waals surface area contributed by atoms with Gasteiger partial charge < -0.3 is 25.4 Å². The molecule has 0 aliphatic heterocycles. The predicted octanol–water partition coefficient (Wildman–Crippen LogP) is 2.06. The zero-order valence-corrected chi connectivity index (χ0v) is 16.9. The third-order valence-corrected chi connectivity index (χ3v) is 3.47. The van der Waals surface area contributed by atoms with Crippen molar-refractivity contribution in [2.24, 2.45) is 5.92 Å². The van der Waals surface area contributed by atoms with Crippen LogP contribution in [-0.2, 0) is 14.3 Å². The molecule has 3 N–H and O–H groups in total. The lowest BCUT2D eigenvalue weighted by Crippen LogP contribution is -2.49. The van der Waals surface area contributed by atoms with Crippen LogP contribution in [0.3, 0.4) is 0 Å². The van der Waals surface area contributed by atoms with Crippen molar-refractivity contribution in [3.05, 3.63) is 0 Å². The minimum absolute atomic E-state index is 0.0123. The van der Waals surface area contributed by atoms with Gasteiger partial charge in [-0.1, -0.05) is 13.8 Å². The number of amides is 2. The molecule has 2 unspecified atom stereocenters. The topological polar surface area (TPSA) is 88.7 Å². The zero-order chi connectivity index (χ0) is 19.5. The molecule has 7 nitrogen and oxygen atoms in total. The molecular weight excluding hydrogens is 322 g/mol. The maximum atomic E-state index is 12.1. The van der Waals surface area contributed by atoms with E-state index >= 15 is 0 Å². The summed E-state index contributed by atoms with van der Waals surface area (Å²) in [6, 6.07) is -0.199. The van der Waals surface area contributed by atoms with Crippen LogP contribution in [0.15, 0.2) is 0 Å². The monoisotopic (exact) mass is 359 g/mol. The van der Waals surface area contributed by atoms with Gasteiger partial charge in [0.05, 0.1) is 12.6 Å². The van der Waals surface area contributed by atoms with E-state index in [9.17, 15) is 9.59 Å². The first-order chi connectivity index (χ1) is 11.6. The number of hydrogen-bond donors (Lipinski definition) is 3. The van der Waals surface area contributed by atoms with Crippen LogP contribution in [0, 0.1) is 5.92 Å². The Morgan fingerprint density at radius 1 is 1.16 bits per heavy atom. The standard InChI is InChI=1S/C18H37N3O4/c1-13(2)11-15(16(22)19-6)21-14(12-24-7)9-8-10-20-17(23)25-18(3,4)5/h13-15,21H,8-12H2,1-7H3,(H,19,22)(H,20,23). The number of nitrogens with one attached hydrogen (secondary N) is 3. The van der Waals surface area contributed by atoms with Gasteiger partial charge in [0, 0.05) is 26.7 Å². The van der Waals surface area contributed by atoms with Crippen molar-refractivity contribution in [3.63, 3.8) is 0 Å². The van der Waals surface area contributed by atoms with E-state index in [1.54, 1.807) is 14.2 Å². The summed E-state index contributed by atoms with van der Waals surface area (Å²) in [5.41, 5.74) is -0.498. The highest BCUT2D eigenvalue weighted by Gasteiger charge is 2.22. The summed E-state index contributed by atoms with van der Waals surface area (Å²) < 4.78 is 10.5. The SMILES string of the molecule is CNC(=O)C(CC(C)C)NC(CCCNC(=O)OC(C)(C)C)COC. The average molecular weight is 360 g/mol. The molecule has 0 bridgehead atoms. The van der Waals surface area contributed by atoms with Gasteiger partial charge >= 0.3 is 6.09 Å². The summed E-state index contributed by atoms with van der Waals surface area (Å²) in [6.07, 6.45) is 1.90. The Balaban J connectivity index is 4.39. The molecule has 0 rings (SSSR count). The molecule has 0 aromatic heterocycles. The quantitative estimate of drug-likeness (QED) is 0.491. The lowest BCUT2D eigenvalue weighted by molar-refractivity contribution is -0.123. The number of hydrogen-bond acceptors (Lipinski definition) is 5. The highest BCUT2D eigenvalue weighted by Crippen LogP contribution is 2.09. The first-order valence-electron chi connectivity index (χ1n) is 9.02. The molecular formula is C18H37N3O4. The van der Waals surface area contributed by atoms with Crippen LogP contribution < -0.4 is 16.0 Å². The molecule has 2 atom stereocenters. The van der Waals surface area contributed by atoms with E-state index in [0.29, 0.717) is 19.1 Å². The number of carbonyl (C=O) groups is 2. The first kappa shape index (κ1) is 23.7. The molecule has 2 amide bonds. The van der Waals surface area contributed by atoms with Gasteiger partial charge in [0.15, 0.2) is 0 Å². The predicted molar refractivity (Wildman–Crippen MR) is 99.6 cm³/mol. The maximum absolute atomic E-state index is 12.1. The molecule has 0 aromatic rings. The molecule has 0 radical (unpaired) electrons. The minimum atomic E-state index is -0.498. The Morgan fingerprint density at radius 2 is 1.80 bits per heavy atom. The van der Waals surface area contributed by atoms with Gasteiger partial charge in [-0.05, 0) is 46.0 Å². The Labute approximate surface area is 152 Å². The van der Waals surface area contributed by atoms with Crippen LogP contribution >= 0.6 is 0 Å². The molecule has 0 spiro atoms. The van der Waals surface area contributed by atoms with Crippen LogP contribution in [0.5, 0.6) is 0 Å². The molecule has 0 saturated carbocycles. The van der Waals surface area contributed by atoms with Crippen LogP contribution in [0.2, 0.25) is 0 Å². The van der Waals surface area contributed by atoms with Gasteiger partial charge in [0.25, 0.3) is 0 Å². The second-order valence-corrected chi connectivity index (χ2v) is 7.69.